The van der Waals surface area contributed by atoms with Gasteiger partial charge in [0.25, 0.3) is 5.60 Å². The molecule has 4 aliphatic carbocycles. The summed E-state index contributed by atoms with van der Waals surface area (Å²) in [6, 6.07) is 0. The molecule has 4 bridgehead atoms. The van der Waals surface area contributed by atoms with Crippen molar-refractivity contribution in [3.8, 4) is 0 Å². The molecule has 0 N–H and O–H groups in total. The number of carbonyl (C=O) groups is 1. The van der Waals surface area contributed by atoms with Crippen molar-refractivity contribution >= 4 is 18.0 Å². The van der Waals surface area contributed by atoms with Crippen molar-refractivity contribution < 1.29 is 94.8 Å². The number of carbonyl (C=O) groups excluding carboxylic acids is 1. The normalized spacial score (nSPS) is 40.7. The summed E-state index contributed by atoms with van der Waals surface area (Å²) in [5.74, 6) is -48.5. The first-order chi connectivity index (χ1) is 16.7. The van der Waals surface area contributed by atoms with E-state index in [-0.39, 0.29) is 12.0 Å². The molecule has 0 radical (unpaired) electrons. The van der Waals surface area contributed by atoms with Gasteiger partial charge in [-0.1, -0.05) is 0 Å². The quantitative estimate of drug-likeness (QED) is 0.102. The number of hydrogen-bond acceptors (Lipinski definition) is 7. The molecule has 4 rings (SSSR count). The smallest absolute Gasteiger partial charge is 0.339 e. The van der Waals surface area contributed by atoms with Crippen molar-refractivity contribution in [1.82, 2.24) is 0 Å². The Kier molecular flexibility index (Phi) is 6.28. The van der Waals surface area contributed by atoms with Crippen LogP contribution in [0.15, 0.2) is 0 Å². The average Bonchev–Trinajstić information content (AvgIpc) is 2.77. The number of esters is 1. The maximum Gasteiger partial charge on any atom is 0.339 e. The van der Waals surface area contributed by atoms with E-state index in [9.17, 15) is 75.9 Å². The van der Waals surface area contributed by atoms with Crippen LogP contribution in [0.5, 0.6) is 0 Å². The van der Waals surface area contributed by atoms with Crippen LogP contribution in [0.2, 0.25) is 0 Å². The van der Waals surface area contributed by atoms with Gasteiger partial charge in [0.1, 0.15) is 11.4 Å². The molecular weight excluding hydrogens is 605 g/mol. The minimum atomic E-state index is -7.92. The number of halogens is 15. The molecule has 6 nitrogen and oxygen atoms in total. The Morgan fingerprint density at radius 3 is 1.32 bits per heavy atom. The van der Waals surface area contributed by atoms with Gasteiger partial charge in [0, 0.05) is 12.0 Å². The molecule has 38 heavy (non-hydrogen) atoms. The molecule has 0 aliphatic heterocycles. The largest absolute Gasteiger partial charge is 0.691 e. The predicted molar refractivity (Wildman–Crippen MR) is 84.7 cm³/mol. The predicted octanol–water partition coefficient (Wildman–Crippen LogP) is 3.91. The number of alkyl halides is 15. The number of hydrogen-bond donors (Lipinski definition) is 0. The van der Waals surface area contributed by atoms with Gasteiger partial charge in [0.15, 0.2) is 0 Å². The van der Waals surface area contributed by atoms with Crippen molar-refractivity contribution in [2.75, 3.05) is 13.2 Å². The molecular formula is C16H10F15O6S-. The zero-order valence-electron chi connectivity index (χ0n) is 17.9. The van der Waals surface area contributed by atoms with Crippen molar-refractivity contribution in [2.24, 2.45) is 0 Å². The maximum absolute atomic E-state index is 14.9. The molecule has 0 saturated heterocycles. The van der Waals surface area contributed by atoms with Crippen LogP contribution in [0, 0.1) is 0 Å². The van der Waals surface area contributed by atoms with Gasteiger partial charge >= 0.3 is 58.5 Å². The highest BCUT2D eigenvalue weighted by Gasteiger charge is 3.23. The van der Waals surface area contributed by atoms with Crippen LogP contribution < -0.4 is 5.26 Å². The van der Waals surface area contributed by atoms with Gasteiger partial charge < -0.3 is 14.7 Å². The fraction of sp³-hybridized carbons (Fsp3) is 0.938. The Morgan fingerprint density at radius 1 is 0.658 bits per heavy atom. The molecule has 0 aromatic heterocycles. The van der Waals surface area contributed by atoms with Gasteiger partial charge in [-0.15, -0.1) is 0 Å². The zero-order chi connectivity index (χ0) is 30.0. The topological polar surface area (TPSA) is 77.0 Å². The van der Waals surface area contributed by atoms with Crippen LogP contribution >= 0.6 is 12.0 Å². The highest BCUT2D eigenvalue weighted by Crippen LogP contribution is 2.88. The summed E-state index contributed by atoms with van der Waals surface area (Å²) in [5, 5.41) is 12.7. The Morgan fingerprint density at radius 2 is 1.00 bits per heavy atom. The highest BCUT2D eigenvalue weighted by atomic mass is 32.2. The minimum Gasteiger partial charge on any atom is -0.691 e. The van der Waals surface area contributed by atoms with Crippen LogP contribution in [0.3, 0.4) is 0 Å². The van der Waals surface area contributed by atoms with Crippen molar-refractivity contribution in [2.45, 2.75) is 76.7 Å². The monoisotopic (exact) mass is 615 g/mol. The van der Waals surface area contributed by atoms with Crippen LogP contribution in [-0.2, 0) is 23.6 Å². The first-order valence-electron chi connectivity index (χ1n) is 9.48. The van der Waals surface area contributed by atoms with Gasteiger partial charge in [-0.2, -0.15) is 57.0 Å². The lowest BCUT2D eigenvalue weighted by Crippen LogP contribution is -3.10. The summed E-state index contributed by atoms with van der Waals surface area (Å²) < 4.78 is 229. The third-order valence-electron chi connectivity index (χ3n) is 6.62. The van der Waals surface area contributed by atoms with E-state index in [4.69, 9.17) is 0 Å². The Bertz CT molecular complexity index is 906. The second-order valence-electron chi connectivity index (χ2n) is 8.82. The minimum absolute atomic E-state index is 0.120. The molecule has 0 spiro atoms. The van der Waals surface area contributed by atoms with Crippen LogP contribution in [0.4, 0.5) is 65.9 Å². The lowest BCUT2D eigenvalue weighted by atomic mass is 9.40. The summed E-state index contributed by atoms with van der Waals surface area (Å²) in [6.45, 7) is -2.47. The second-order valence-corrected chi connectivity index (χ2v) is 10.1. The van der Waals surface area contributed by atoms with E-state index in [1.54, 1.807) is 0 Å². The van der Waals surface area contributed by atoms with Gasteiger partial charge in [-0.25, -0.2) is 13.2 Å². The van der Waals surface area contributed by atoms with E-state index in [0.717, 1.165) is 13.8 Å². The molecule has 0 heterocycles. The van der Waals surface area contributed by atoms with E-state index >= 15 is 0 Å². The summed E-state index contributed by atoms with van der Waals surface area (Å²) in [5.41, 5.74) is -30.4. The lowest BCUT2D eigenvalue weighted by molar-refractivity contribution is -0.777. The molecule has 4 aliphatic rings. The van der Waals surface area contributed by atoms with Crippen LogP contribution in [0.1, 0.15) is 13.8 Å². The van der Waals surface area contributed by atoms with E-state index in [0.29, 0.717) is 0 Å². The van der Waals surface area contributed by atoms with Crippen LogP contribution in [-0.4, -0.2) is 82.1 Å². The summed E-state index contributed by atoms with van der Waals surface area (Å²) >= 11 is -0.120. The van der Waals surface area contributed by atoms with Crippen LogP contribution in [0.25, 0.3) is 0 Å². The average molecular weight is 615 g/mol. The number of rotatable bonds is 8. The highest BCUT2D eigenvalue weighted by molar-refractivity contribution is 7.96. The van der Waals surface area contributed by atoms with Gasteiger partial charge in [-0.05, 0) is 13.8 Å². The summed E-state index contributed by atoms with van der Waals surface area (Å²) in [7, 11) is 0. The fourth-order valence-electron chi connectivity index (χ4n) is 4.71. The Balaban J connectivity index is 2.17. The van der Waals surface area contributed by atoms with Gasteiger partial charge in [-0.3, -0.25) is 9.83 Å². The zero-order valence-corrected chi connectivity index (χ0v) is 18.8. The molecule has 4 fully saturated rings. The van der Waals surface area contributed by atoms with Crippen molar-refractivity contribution in [3.05, 3.63) is 0 Å². The van der Waals surface area contributed by atoms with Gasteiger partial charge in [0.2, 0.25) is 0 Å². The van der Waals surface area contributed by atoms with E-state index < -0.39 is 82.1 Å². The van der Waals surface area contributed by atoms with E-state index in [1.165, 1.54) is 0 Å². The molecule has 222 valence electrons. The molecule has 22 heteroatoms. The Labute approximate surface area is 203 Å². The molecule has 0 atom stereocenters. The SMILES string of the molecule is CC(C)(SOO[O-])C(=O)OCCOC12C(F)(F)C3(F)C(F)(F)C(F)(C(F)(F)C(F)(C3(F)F)C1(F)F)C2(F)F. The first kappa shape index (κ1) is 31.1. The lowest BCUT2D eigenvalue weighted by Gasteiger charge is -2.74. The molecule has 4 saturated carbocycles. The molecule has 0 unspecified atom stereocenters. The summed E-state index contributed by atoms with van der Waals surface area (Å²) in [6.07, 6.45) is 0. The number of ether oxygens (including phenoxy) is 2. The second kappa shape index (κ2) is 7.66. The molecule has 0 aromatic rings. The third-order valence-corrected chi connectivity index (χ3v) is 7.32. The van der Waals surface area contributed by atoms with Gasteiger partial charge in [0.05, 0.1) is 6.61 Å². The fourth-order valence-corrected chi connectivity index (χ4v) is 5.04. The molecule has 0 aromatic carbocycles. The van der Waals surface area contributed by atoms with E-state index in [2.05, 4.69) is 18.8 Å². The summed E-state index contributed by atoms with van der Waals surface area (Å²) in [4.78, 5) is 11.8. The van der Waals surface area contributed by atoms with Crippen molar-refractivity contribution in [1.29, 1.82) is 0 Å². The first-order valence-corrected chi connectivity index (χ1v) is 10.2. The van der Waals surface area contributed by atoms with E-state index in [1.807, 2.05) is 0 Å². The Hall–Kier alpha value is -1.39. The maximum atomic E-state index is 14.9. The molecule has 0 amide bonds. The van der Waals surface area contributed by atoms with Crippen molar-refractivity contribution in [3.63, 3.8) is 0 Å². The third kappa shape index (κ3) is 2.48. The standard InChI is InChI=1S/C16H11F15O6S/c1-6(2,38-37-36-33)5(32)34-3-4-35-10-14(26,27)7(17)11(20,21)8(18,15(10,28)29)13(24,25)9(19,12(7,22)23)16(10,30)31/h33H,3-4H2,1-2H3/p-1.